The number of aryl methyl sites for hydroxylation is 1. The normalized spacial score (nSPS) is 11.6. The topological polar surface area (TPSA) is 66.8 Å². The zero-order valence-corrected chi connectivity index (χ0v) is 14.7. The fourth-order valence-corrected chi connectivity index (χ4v) is 2.58. The molecule has 0 aliphatic heterocycles. The standard InChI is InChI=1S/C20H23NO4/c1-4-21(5-2)19(23)18(15-11-7-6-8-12-15)25-20(24)16-13-9-10-14(3)17(16)22/h6-13,18,22H,4-5H2,1-3H3/t18-/m0/s1. The van der Waals surface area contributed by atoms with E-state index in [-0.39, 0.29) is 17.2 Å². The number of aromatic hydroxyl groups is 1. The molecule has 0 aliphatic carbocycles. The predicted molar refractivity (Wildman–Crippen MR) is 95.4 cm³/mol. The molecule has 2 aromatic carbocycles. The van der Waals surface area contributed by atoms with Gasteiger partial charge in [-0.15, -0.1) is 0 Å². The van der Waals surface area contributed by atoms with Gasteiger partial charge in [0.2, 0.25) is 6.10 Å². The number of para-hydroxylation sites is 1. The Morgan fingerprint density at radius 3 is 2.28 bits per heavy atom. The minimum Gasteiger partial charge on any atom is -0.507 e. The molecule has 0 radical (unpaired) electrons. The van der Waals surface area contributed by atoms with E-state index < -0.39 is 12.1 Å². The summed E-state index contributed by atoms with van der Waals surface area (Å²) < 4.78 is 5.51. The number of esters is 1. The van der Waals surface area contributed by atoms with Gasteiger partial charge in [-0.3, -0.25) is 4.79 Å². The van der Waals surface area contributed by atoms with Crippen molar-refractivity contribution in [3.63, 3.8) is 0 Å². The molecule has 0 aromatic heterocycles. The molecule has 0 aliphatic rings. The number of phenolic OH excluding ortho intramolecular Hbond substituents is 1. The van der Waals surface area contributed by atoms with Crippen LogP contribution in [0.3, 0.4) is 0 Å². The summed E-state index contributed by atoms with van der Waals surface area (Å²) in [5, 5.41) is 10.1. The van der Waals surface area contributed by atoms with Crippen molar-refractivity contribution in [1.29, 1.82) is 0 Å². The molecular formula is C20H23NO4. The zero-order chi connectivity index (χ0) is 18.4. The second-order valence-electron chi connectivity index (χ2n) is 5.68. The molecule has 0 spiro atoms. The molecule has 0 saturated carbocycles. The van der Waals surface area contributed by atoms with Gasteiger partial charge in [-0.25, -0.2) is 4.79 Å². The number of phenols is 1. The number of rotatable bonds is 6. The van der Waals surface area contributed by atoms with Crippen molar-refractivity contribution in [2.45, 2.75) is 26.9 Å². The van der Waals surface area contributed by atoms with Crippen LogP contribution in [-0.4, -0.2) is 35.0 Å². The van der Waals surface area contributed by atoms with Gasteiger partial charge in [-0.2, -0.15) is 0 Å². The van der Waals surface area contributed by atoms with E-state index in [2.05, 4.69) is 0 Å². The Labute approximate surface area is 147 Å². The highest BCUT2D eigenvalue weighted by Crippen LogP contribution is 2.26. The van der Waals surface area contributed by atoms with Crippen molar-refractivity contribution < 1.29 is 19.4 Å². The molecule has 2 rings (SSSR count). The molecule has 5 nitrogen and oxygen atoms in total. The van der Waals surface area contributed by atoms with E-state index in [0.717, 1.165) is 0 Å². The third-order valence-corrected chi connectivity index (χ3v) is 4.08. The Morgan fingerprint density at radius 1 is 1.04 bits per heavy atom. The molecule has 5 heteroatoms. The average Bonchev–Trinajstić information content (AvgIpc) is 2.63. The number of likely N-dealkylation sites (N-methyl/N-ethyl adjacent to an activating group) is 1. The lowest BCUT2D eigenvalue weighted by atomic mass is 10.1. The van der Waals surface area contributed by atoms with E-state index in [0.29, 0.717) is 24.2 Å². The van der Waals surface area contributed by atoms with Crippen LogP contribution in [0.1, 0.15) is 41.4 Å². The number of nitrogens with zero attached hydrogens (tertiary/aromatic N) is 1. The Balaban J connectivity index is 2.35. The molecule has 1 amide bonds. The first-order valence-corrected chi connectivity index (χ1v) is 8.32. The first-order valence-electron chi connectivity index (χ1n) is 8.32. The molecule has 0 bridgehead atoms. The maximum Gasteiger partial charge on any atom is 0.343 e. The summed E-state index contributed by atoms with van der Waals surface area (Å²) in [5.41, 5.74) is 1.22. The minimum absolute atomic E-state index is 0.0493. The van der Waals surface area contributed by atoms with Gasteiger partial charge in [-0.1, -0.05) is 42.5 Å². The first kappa shape index (κ1) is 18.5. The molecule has 25 heavy (non-hydrogen) atoms. The highest BCUT2D eigenvalue weighted by molar-refractivity contribution is 5.95. The third-order valence-electron chi connectivity index (χ3n) is 4.08. The highest BCUT2D eigenvalue weighted by atomic mass is 16.5. The molecular weight excluding hydrogens is 318 g/mol. The van der Waals surface area contributed by atoms with E-state index in [1.807, 2.05) is 19.9 Å². The number of hydrogen-bond donors (Lipinski definition) is 1. The van der Waals surface area contributed by atoms with Crippen molar-refractivity contribution in [1.82, 2.24) is 4.90 Å². The summed E-state index contributed by atoms with van der Waals surface area (Å²) in [6.45, 7) is 6.48. The van der Waals surface area contributed by atoms with Crippen molar-refractivity contribution in [2.75, 3.05) is 13.1 Å². The predicted octanol–water partition coefficient (Wildman–Crippen LogP) is 3.47. The molecule has 2 aromatic rings. The Hall–Kier alpha value is -2.82. The molecule has 0 saturated heterocycles. The number of amides is 1. The Morgan fingerprint density at radius 2 is 1.68 bits per heavy atom. The molecule has 0 fully saturated rings. The summed E-state index contributed by atoms with van der Waals surface area (Å²) in [4.78, 5) is 27.0. The minimum atomic E-state index is -1.05. The summed E-state index contributed by atoms with van der Waals surface area (Å²) in [7, 11) is 0. The smallest absolute Gasteiger partial charge is 0.343 e. The fourth-order valence-electron chi connectivity index (χ4n) is 2.58. The fraction of sp³-hybridized carbons (Fsp3) is 0.300. The number of carbonyl (C=O) groups excluding carboxylic acids is 2. The van der Waals surface area contributed by atoms with Crippen LogP contribution >= 0.6 is 0 Å². The monoisotopic (exact) mass is 341 g/mol. The molecule has 1 atom stereocenters. The van der Waals surface area contributed by atoms with Crippen LogP contribution in [-0.2, 0) is 9.53 Å². The van der Waals surface area contributed by atoms with Gasteiger partial charge in [0.15, 0.2) is 0 Å². The summed E-state index contributed by atoms with van der Waals surface area (Å²) >= 11 is 0. The molecule has 132 valence electrons. The van der Waals surface area contributed by atoms with Crippen molar-refractivity contribution in [3.8, 4) is 5.75 Å². The number of benzene rings is 2. The third kappa shape index (κ3) is 4.18. The molecule has 0 unspecified atom stereocenters. The van der Waals surface area contributed by atoms with E-state index in [1.54, 1.807) is 48.2 Å². The Bertz CT molecular complexity index is 739. The van der Waals surface area contributed by atoms with Gasteiger partial charge in [0.25, 0.3) is 5.91 Å². The highest BCUT2D eigenvalue weighted by Gasteiger charge is 2.29. The van der Waals surface area contributed by atoms with E-state index in [1.165, 1.54) is 6.07 Å². The maximum absolute atomic E-state index is 12.8. The summed E-state index contributed by atoms with van der Waals surface area (Å²) in [6, 6.07) is 13.7. The van der Waals surface area contributed by atoms with Gasteiger partial charge in [0.05, 0.1) is 0 Å². The van der Waals surface area contributed by atoms with Crippen LogP contribution in [0.5, 0.6) is 5.75 Å². The van der Waals surface area contributed by atoms with Gasteiger partial charge in [0, 0.05) is 18.7 Å². The average molecular weight is 341 g/mol. The van der Waals surface area contributed by atoms with Crippen LogP contribution in [0.4, 0.5) is 0 Å². The van der Waals surface area contributed by atoms with Crippen LogP contribution < -0.4 is 0 Å². The van der Waals surface area contributed by atoms with Crippen LogP contribution in [0.25, 0.3) is 0 Å². The van der Waals surface area contributed by atoms with E-state index in [9.17, 15) is 14.7 Å². The number of ether oxygens (including phenoxy) is 1. The lowest BCUT2D eigenvalue weighted by molar-refractivity contribution is -0.140. The quantitative estimate of drug-likeness (QED) is 0.817. The van der Waals surface area contributed by atoms with Crippen LogP contribution in [0.15, 0.2) is 48.5 Å². The molecule has 1 N–H and O–H groups in total. The number of carbonyl (C=O) groups is 2. The lowest BCUT2D eigenvalue weighted by Crippen LogP contribution is -2.36. The van der Waals surface area contributed by atoms with Gasteiger partial charge in [-0.05, 0) is 32.4 Å². The zero-order valence-electron chi connectivity index (χ0n) is 14.7. The van der Waals surface area contributed by atoms with Crippen molar-refractivity contribution >= 4 is 11.9 Å². The number of hydrogen-bond acceptors (Lipinski definition) is 4. The van der Waals surface area contributed by atoms with Crippen LogP contribution in [0.2, 0.25) is 0 Å². The SMILES string of the molecule is CCN(CC)C(=O)[C@@H](OC(=O)c1cccc(C)c1O)c1ccccc1. The van der Waals surface area contributed by atoms with E-state index >= 15 is 0 Å². The summed E-state index contributed by atoms with van der Waals surface area (Å²) in [6.07, 6.45) is -1.05. The lowest BCUT2D eigenvalue weighted by Gasteiger charge is -2.25. The Kier molecular flexibility index (Phi) is 6.17. The first-order chi connectivity index (χ1) is 12.0. The van der Waals surface area contributed by atoms with Gasteiger partial charge in [0.1, 0.15) is 11.3 Å². The molecule has 0 heterocycles. The second kappa shape index (κ2) is 8.33. The van der Waals surface area contributed by atoms with Crippen molar-refractivity contribution in [3.05, 3.63) is 65.2 Å². The largest absolute Gasteiger partial charge is 0.507 e. The van der Waals surface area contributed by atoms with E-state index in [4.69, 9.17) is 4.74 Å². The maximum atomic E-state index is 12.8. The second-order valence-corrected chi connectivity index (χ2v) is 5.68. The summed E-state index contributed by atoms with van der Waals surface area (Å²) in [5.74, 6) is -1.14. The van der Waals surface area contributed by atoms with Gasteiger partial charge < -0.3 is 14.7 Å². The van der Waals surface area contributed by atoms with Crippen molar-refractivity contribution in [2.24, 2.45) is 0 Å². The van der Waals surface area contributed by atoms with Crippen LogP contribution in [0, 0.1) is 6.92 Å². The van der Waals surface area contributed by atoms with Gasteiger partial charge >= 0.3 is 5.97 Å².